The number of rotatable bonds is 8. The van der Waals surface area contributed by atoms with Crippen LogP contribution in [0.3, 0.4) is 0 Å². The largest absolute Gasteiger partial charge is 0.431 e. The van der Waals surface area contributed by atoms with Crippen LogP contribution >= 0.6 is 11.3 Å². The number of hydrogen-bond donors (Lipinski definition) is 1. The first kappa shape index (κ1) is 21.8. The van der Waals surface area contributed by atoms with Gasteiger partial charge in [0.2, 0.25) is 0 Å². The lowest BCUT2D eigenvalue weighted by Crippen LogP contribution is -2.26. The standard InChI is InChI=1S/C24H21N5O4S/c1-32-12-11-28-19(14-18-21(28)27-20-4-2-3-10-29(20)23(18)31)22(30)26-15-16-5-7-17(8-6-16)33-24-25-9-13-34-24/h2-10,13-14H,11-12,15H2,1H3,(H,26,30). The van der Waals surface area contributed by atoms with E-state index in [1.54, 1.807) is 42.3 Å². The first-order valence-corrected chi connectivity index (χ1v) is 11.5. The molecular weight excluding hydrogens is 454 g/mol. The van der Waals surface area contributed by atoms with Gasteiger partial charge in [-0.15, -0.1) is 0 Å². The second-order valence-corrected chi connectivity index (χ2v) is 8.34. The molecule has 9 nitrogen and oxygen atoms in total. The predicted octanol–water partition coefficient (Wildman–Crippen LogP) is 3.47. The molecule has 34 heavy (non-hydrogen) atoms. The van der Waals surface area contributed by atoms with Crippen molar-refractivity contribution < 1.29 is 14.3 Å². The minimum Gasteiger partial charge on any atom is -0.431 e. The van der Waals surface area contributed by atoms with Gasteiger partial charge in [0.05, 0.1) is 12.0 Å². The molecule has 0 aliphatic carbocycles. The topological polar surface area (TPSA) is 99.7 Å². The fraction of sp³-hybridized carbons (Fsp3) is 0.167. The van der Waals surface area contributed by atoms with Crippen LogP contribution in [-0.2, 0) is 17.8 Å². The molecule has 4 aromatic heterocycles. The number of nitrogens with zero attached hydrogens (tertiary/aromatic N) is 4. The van der Waals surface area contributed by atoms with Crippen molar-refractivity contribution in [1.82, 2.24) is 24.3 Å². The van der Waals surface area contributed by atoms with Gasteiger partial charge in [-0.2, -0.15) is 0 Å². The van der Waals surface area contributed by atoms with Gasteiger partial charge in [-0.3, -0.25) is 14.0 Å². The number of carbonyl (C=O) groups excluding carboxylic acids is 1. The van der Waals surface area contributed by atoms with Crippen LogP contribution in [0.2, 0.25) is 0 Å². The average molecular weight is 476 g/mol. The molecule has 10 heteroatoms. The summed E-state index contributed by atoms with van der Waals surface area (Å²) in [6.45, 7) is 1.08. The normalized spacial score (nSPS) is 11.2. The third kappa shape index (κ3) is 4.28. The molecule has 4 heterocycles. The molecule has 0 radical (unpaired) electrons. The minimum absolute atomic E-state index is 0.221. The highest BCUT2D eigenvalue weighted by molar-refractivity contribution is 7.11. The second-order valence-electron chi connectivity index (χ2n) is 7.48. The van der Waals surface area contributed by atoms with Crippen LogP contribution in [0.4, 0.5) is 0 Å². The zero-order valence-corrected chi connectivity index (χ0v) is 19.1. The van der Waals surface area contributed by atoms with E-state index in [-0.39, 0.29) is 11.5 Å². The van der Waals surface area contributed by atoms with Crippen molar-refractivity contribution in [1.29, 1.82) is 0 Å². The Bertz CT molecular complexity index is 1510. The Labute approximate surface area is 198 Å². The second kappa shape index (κ2) is 9.46. The van der Waals surface area contributed by atoms with Crippen molar-refractivity contribution in [3.63, 3.8) is 0 Å². The fourth-order valence-corrected chi connectivity index (χ4v) is 4.16. The third-order valence-corrected chi connectivity index (χ3v) is 5.97. The number of pyridine rings is 1. The molecule has 1 aromatic carbocycles. The lowest BCUT2D eigenvalue weighted by atomic mass is 10.2. The summed E-state index contributed by atoms with van der Waals surface area (Å²) in [6, 6.07) is 14.4. The summed E-state index contributed by atoms with van der Waals surface area (Å²) < 4.78 is 14.1. The van der Waals surface area contributed by atoms with E-state index in [4.69, 9.17) is 9.47 Å². The molecule has 0 aliphatic rings. The molecule has 0 fully saturated rings. The van der Waals surface area contributed by atoms with Gasteiger partial charge in [-0.05, 0) is 35.9 Å². The monoisotopic (exact) mass is 475 g/mol. The Morgan fingerprint density at radius 3 is 2.79 bits per heavy atom. The maximum absolute atomic E-state index is 13.1. The summed E-state index contributed by atoms with van der Waals surface area (Å²) in [5.74, 6) is 0.369. The number of ether oxygens (including phenoxy) is 2. The highest BCUT2D eigenvalue weighted by atomic mass is 32.1. The quantitative estimate of drug-likeness (QED) is 0.369. The number of nitrogens with one attached hydrogen (secondary N) is 1. The van der Waals surface area contributed by atoms with Gasteiger partial charge in [0, 0.05) is 38.0 Å². The van der Waals surface area contributed by atoms with Gasteiger partial charge in [0.1, 0.15) is 22.7 Å². The third-order valence-electron chi connectivity index (χ3n) is 5.32. The van der Waals surface area contributed by atoms with Gasteiger partial charge in [-0.25, -0.2) is 9.97 Å². The Hall–Kier alpha value is -4.02. The number of fused-ring (bicyclic) bond motifs is 2. The summed E-state index contributed by atoms with van der Waals surface area (Å²) in [6.07, 6.45) is 3.35. The molecule has 0 atom stereocenters. The molecule has 0 saturated heterocycles. The van der Waals surface area contributed by atoms with Crippen LogP contribution in [0.15, 0.2) is 71.1 Å². The fourth-order valence-electron chi connectivity index (χ4n) is 3.66. The first-order valence-electron chi connectivity index (χ1n) is 10.6. The van der Waals surface area contributed by atoms with Gasteiger partial charge >= 0.3 is 0 Å². The van der Waals surface area contributed by atoms with Crippen LogP contribution in [0.25, 0.3) is 16.7 Å². The smallest absolute Gasteiger partial charge is 0.278 e. The molecule has 0 unspecified atom stereocenters. The molecule has 0 aliphatic heterocycles. The average Bonchev–Trinajstić information content (AvgIpc) is 3.50. The number of amides is 1. The summed E-state index contributed by atoms with van der Waals surface area (Å²) in [5.41, 5.74) is 2.02. The Morgan fingerprint density at radius 2 is 2.03 bits per heavy atom. The molecule has 0 spiro atoms. The number of methoxy groups -OCH3 is 1. The number of carbonyl (C=O) groups is 1. The molecule has 1 amide bonds. The summed E-state index contributed by atoms with van der Waals surface area (Å²) >= 11 is 1.41. The molecule has 172 valence electrons. The zero-order valence-electron chi connectivity index (χ0n) is 18.3. The van der Waals surface area contributed by atoms with E-state index < -0.39 is 0 Å². The Balaban J connectivity index is 1.39. The molecule has 0 saturated carbocycles. The highest BCUT2D eigenvalue weighted by Gasteiger charge is 2.19. The van der Waals surface area contributed by atoms with Crippen LogP contribution in [0, 0.1) is 0 Å². The van der Waals surface area contributed by atoms with Gasteiger partial charge in [0.15, 0.2) is 0 Å². The summed E-state index contributed by atoms with van der Waals surface area (Å²) in [7, 11) is 1.59. The molecular formula is C24H21N5O4S. The van der Waals surface area contributed by atoms with Crippen molar-refractivity contribution in [2.45, 2.75) is 13.1 Å². The molecule has 1 N–H and O–H groups in total. The van der Waals surface area contributed by atoms with E-state index in [9.17, 15) is 9.59 Å². The van der Waals surface area contributed by atoms with Crippen LogP contribution in [0.5, 0.6) is 10.9 Å². The lowest BCUT2D eigenvalue weighted by Gasteiger charge is -2.11. The summed E-state index contributed by atoms with van der Waals surface area (Å²) in [4.78, 5) is 34.8. The van der Waals surface area contributed by atoms with Crippen molar-refractivity contribution in [2.75, 3.05) is 13.7 Å². The van der Waals surface area contributed by atoms with Crippen LogP contribution in [-0.4, -0.2) is 38.6 Å². The van der Waals surface area contributed by atoms with Crippen molar-refractivity contribution >= 4 is 33.9 Å². The van der Waals surface area contributed by atoms with E-state index >= 15 is 0 Å². The number of hydrogen-bond acceptors (Lipinski definition) is 7. The van der Waals surface area contributed by atoms with Crippen LogP contribution in [0.1, 0.15) is 16.1 Å². The molecule has 5 rings (SSSR count). The van der Waals surface area contributed by atoms with E-state index in [1.165, 1.54) is 15.7 Å². The lowest BCUT2D eigenvalue weighted by molar-refractivity contribution is 0.0939. The van der Waals surface area contributed by atoms with E-state index in [0.29, 0.717) is 53.0 Å². The number of thiazole rings is 1. The maximum atomic E-state index is 13.1. The first-order chi connectivity index (χ1) is 16.6. The Morgan fingerprint density at radius 1 is 1.18 bits per heavy atom. The highest BCUT2D eigenvalue weighted by Crippen LogP contribution is 2.23. The predicted molar refractivity (Wildman–Crippen MR) is 129 cm³/mol. The van der Waals surface area contributed by atoms with Crippen LogP contribution < -0.4 is 15.6 Å². The van der Waals surface area contributed by atoms with Crippen molar-refractivity contribution in [2.24, 2.45) is 0 Å². The summed E-state index contributed by atoms with van der Waals surface area (Å²) in [5, 5.41) is 5.73. The van der Waals surface area contributed by atoms with Gasteiger partial charge in [0.25, 0.3) is 16.7 Å². The zero-order chi connectivity index (χ0) is 23.5. The molecule has 0 bridgehead atoms. The Kier molecular flexibility index (Phi) is 6.07. The van der Waals surface area contributed by atoms with E-state index in [1.807, 2.05) is 35.7 Å². The SMILES string of the molecule is COCCn1c(C(=O)NCc2ccc(Oc3nccs3)cc2)cc2c(=O)n3ccccc3nc21. The number of aromatic nitrogens is 4. The van der Waals surface area contributed by atoms with Crippen molar-refractivity contribution in [3.05, 3.63) is 87.9 Å². The van der Waals surface area contributed by atoms with Crippen molar-refractivity contribution in [3.8, 4) is 10.9 Å². The maximum Gasteiger partial charge on any atom is 0.278 e. The van der Waals surface area contributed by atoms with E-state index in [0.717, 1.165) is 5.56 Å². The number of benzene rings is 1. The van der Waals surface area contributed by atoms with Gasteiger partial charge < -0.3 is 19.4 Å². The molecule has 5 aromatic rings. The minimum atomic E-state index is -0.300. The van der Waals surface area contributed by atoms with E-state index in [2.05, 4.69) is 15.3 Å². The van der Waals surface area contributed by atoms with Gasteiger partial charge in [-0.1, -0.05) is 29.5 Å².